The van der Waals surface area contributed by atoms with Gasteiger partial charge >= 0.3 is 5.97 Å². The van der Waals surface area contributed by atoms with Crippen LogP contribution in [-0.2, 0) is 4.79 Å². The van der Waals surface area contributed by atoms with E-state index in [9.17, 15) is 9.90 Å². The number of hydrogen-bond donors (Lipinski definition) is 2. The molecule has 0 amide bonds. The maximum atomic E-state index is 11.0. The minimum absolute atomic E-state index is 0.273. The van der Waals surface area contributed by atoms with Gasteiger partial charge in [0, 0.05) is 10.0 Å². The Morgan fingerprint density at radius 2 is 2.06 bits per heavy atom. The van der Waals surface area contributed by atoms with Gasteiger partial charge in [-0.15, -0.1) is 0 Å². The molecule has 0 saturated carbocycles. The number of aliphatic hydroxyl groups excluding tert-OH is 1. The predicted octanol–water partition coefficient (Wildman–Crippen LogP) is 2.73. The number of methoxy groups -OCH3 is 1. The largest absolute Gasteiger partial charge is 0.496 e. The summed E-state index contributed by atoms with van der Waals surface area (Å²) < 4.78 is 6.01. The van der Waals surface area contributed by atoms with E-state index in [4.69, 9.17) is 9.84 Å². The Labute approximate surface area is 112 Å². The van der Waals surface area contributed by atoms with Gasteiger partial charge in [-0.25, -0.2) is 4.79 Å². The zero-order valence-corrected chi connectivity index (χ0v) is 11.1. The first kappa shape index (κ1) is 12.9. The lowest BCUT2D eigenvalue weighted by atomic mass is 9.99. The average molecular weight is 311 g/mol. The van der Waals surface area contributed by atoms with Crippen LogP contribution in [0.4, 0.5) is 0 Å². The molecule has 0 fully saturated rings. The van der Waals surface area contributed by atoms with Crippen LogP contribution in [0.15, 0.2) is 34.8 Å². The fraction of sp³-hybridized carbons (Fsp3) is 0.154. The Hall–Kier alpha value is -1.59. The van der Waals surface area contributed by atoms with Crippen LogP contribution < -0.4 is 4.74 Å². The number of carbonyl (C=O) groups is 1. The number of ether oxygens (including phenoxy) is 1. The van der Waals surface area contributed by atoms with Crippen LogP contribution in [0.2, 0.25) is 0 Å². The lowest BCUT2D eigenvalue weighted by Crippen LogP contribution is -2.12. The van der Waals surface area contributed by atoms with Crippen molar-refractivity contribution in [2.24, 2.45) is 0 Å². The van der Waals surface area contributed by atoms with Crippen LogP contribution in [0.1, 0.15) is 11.7 Å². The third-order valence-corrected chi connectivity index (χ3v) is 3.20. The van der Waals surface area contributed by atoms with E-state index in [2.05, 4.69) is 15.9 Å². The molecule has 1 atom stereocenters. The van der Waals surface area contributed by atoms with Crippen LogP contribution in [0.25, 0.3) is 10.8 Å². The molecule has 0 aliphatic rings. The normalized spacial score (nSPS) is 12.4. The Bertz CT molecular complexity index is 609. The Kier molecular flexibility index (Phi) is 3.54. The fourth-order valence-electron chi connectivity index (χ4n) is 1.89. The molecular weight excluding hydrogens is 300 g/mol. The Morgan fingerprint density at radius 1 is 1.33 bits per heavy atom. The van der Waals surface area contributed by atoms with Crippen molar-refractivity contribution in [3.05, 3.63) is 40.4 Å². The number of rotatable bonds is 3. The molecule has 0 bridgehead atoms. The second-order valence-corrected chi connectivity index (χ2v) is 4.70. The molecule has 2 N–H and O–H groups in total. The average Bonchev–Trinajstić information content (AvgIpc) is 2.36. The number of carboxylic acid groups (broad SMARTS) is 1. The van der Waals surface area contributed by atoms with Crippen molar-refractivity contribution in [2.45, 2.75) is 6.10 Å². The summed E-state index contributed by atoms with van der Waals surface area (Å²) in [6, 6.07) is 8.86. The summed E-state index contributed by atoms with van der Waals surface area (Å²) in [5, 5.41) is 20.2. The molecule has 4 nitrogen and oxygen atoms in total. The molecule has 18 heavy (non-hydrogen) atoms. The number of aliphatic hydroxyl groups is 1. The molecule has 0 aromatic heterocycles. The van der Waals surface area contributed by atoms with E-state index in [1.165, 1.54) is 7.11 Å². The predicted molar refractivity (Wildman–Crippen MR) is 70.8 cm³/mol. The molecule has 2 aromatic rings. The highest BCUT2D eigenvalue weighted by molar-refractivity contribution is 9.10. The minimum Gasteiger partial charge on any atom is -0.496 e. The van der Waals surface area contributed by atoms with Crippen LogP contribution >= 0.6 is 15.9 Å². The third-order valence-electron chi connectivity index (χ3n) is 2.71. The smallest absolute Gasteiger partial charge is 0.337 e. The second kappa shape index (κ2) is 4.96. The van der Waals surface area contributed by atoms with E-state index in [0.29, 0.717) is 11.1 Å². The number of fused-ring (bicyclic) bond motifs is 1. The lowest BCUT2D eigenvalue weighted by molar-refractivity contribution is -0.146. The van der Waals surface area contributed by atoms with Crippen molar-refractivity contribution < 1.29 is 19.7 Å². The lowest BCUT2D eigenvalue weighted by Gasteiger charge is -2.14. The number of aliphatic carboxylic acids is 1. The van der Waals surface area contributed by atoms with Crippen LogP contribution in [0.5, 0.6) is 5.75 Å². The molecule has 2 rings (SSSR count). The van der Waals surface area contributed by atoms with Gasteiger partial charge in [-0.2, -0.15) is 0 Å². The number of hydrogen-bond acceptors (Lipinski definition) is 3. The fourth-order valence-corrected chi connectivity index (χ4v) is 2.27. The van der Waals surface area contributed by atoms with Crippen LogP contribution in [0, 0.1) is 0 Å². The molecule has 0 spiro atoms. The van der Waals surface area contributed by atoms with Crippen LogP contribution in [0.3, 0.4) is 0 Å². The van der Waals surface area contributed by atoms with E-state index < -0.39 is 12.1 Å². The summed E-state index contributed by atoms with van der Waals surface area (Å²) in [7, 11) is 1.44. The Balaban J connectivity index is 2.77. The Morgan fingerprint density at radius 3 is 2.67 bits per heavy atom. The molecule has 0 radical (unpaired) electrons. The quantitative estimate of drug-likeness (QED) is 0.914. The molecule has 94 valence electrons. The van der Waals surface area contributed by atoms with E-state index in [0.717, 1.165) is 9.86 Å². The highest BCUT2D eigenvalue weighted by atomic mass is 79.9. The first-order valence-corrected chi connectivity index (χ1v) is 6.01. The minimum atomic E-state index is -1.61. The summed E-state index contributed by atoms with van der Waals surface area (Å²) in [5.41, 5.74) is 0.273. The summed E-state index contributed by atoms with van der Waals surface area (Å²) in [5.74, 6) is -0.941. The summed E-state index contributed by atoms with van der Waals surface area (Å²) in [6.45, 7) is 0. The molecule has 0 heterocycles. The van der Waals surface area contributed by atoms with Gasteiger partial charge in [0.25, 0.3) is 0 Å². The first-order valence-electron chi connectivity index (χ1n) is 5.21. The monoisotopic (exact) mass is 310 g/mol. The standard InChI is InChI=1S/C13H11BrO4/c1-18-10-5-2-7-6-8(14)3-4-9(7)11(10)12(15)13(16)17/h2-6,12,15H,1H3,(H,16,17). The highest BCUT2D eigenvalue weighted by Gasteiger charge is 2.23. The molecule has 1 unspecified atom stereocenters. The van der Waals surface area contributed by atoms with Gasteiger partial charge in [-0.05, 0) is 29.0 Å². The van der Waals surface area contributed by atoms with Gasteiger partial charge in [0.05, 0.1) is 7.11 Å². The number of halogens is 1. The topological polar surface area (TPSA) is 66.8 Å². The van der Waals surface area contributed by atoms with Gasteiger partial charge in [-0.3, -0.25) is 0 Å². The molecule has 0 aliphatic carbocycles. The van der Waals surface area contributed by atoms with E-state index in [-0.39, 0.29) is 5.56 Å². The summed E-state index contributed by atoms with van der Waals surface area (Å²) in [6.07, 6.45) is -1.61. The van der Waals surface area contributed by atoms with Gasteiger partial charge in [0.15, 0.2) is 6.10 Å². The van der Waals surface area contributed by atoms with Crippen LogP contribution in [-0.4, -0.2) is 23.3 Å². The van der Waals surface area contributed by atoms with Gasteiger partial charge in [-0.1, -0.05) is 28.1 Å². The molecule has 0 saturated heterocycles. The summed E-state index contributed by atoms with van der Waals surface area (Å²) >= 11 is 3.35. The zero-order valence-electron chi connectivity index (χ0n) is 9.55. The number of carboxylic acids is 1. The van der Waals surface area contributed by atoms with Crippen molar-refractivity contribution in [3.63, 3.8) is 0 Å². The number of benzene rings is 2. The van der Waals surface area contributed by atoms with Crippen molar-refractivity contribution in [2.75, 3.05) is 7.11 Å². The second-order valence-electron chi connectivity index (χ2n) is 3.79. The van der Waals surface area contributed by atoms with Gasteiger partial charge in [0.1, 0.15) is 5.75 Å². The molecule has 2 aromatic carbocycles. The zero-order chi connectivity index (χ0) is 13.3. The molecular formula is C13H11BrO4. The maximum Gasteiger partial charge on any atom is 0.337 e. The third kappa shape index (κ3) is 2.19. The SMILES string of the molecule is COc1ccc2cc(Br)ccc2c1C(O)C(=O)O. The van der Waals surface area contributed by atoms with Gasteiger partial charge in [0.2, 0.25) is 0 Å². The van der Waals surface area contributed by atoms with E-state index in [1.54, 1.807) is 18.2 Å². The maximum absolute atomic E-state index is 11.0. The van der Waals surface area contributed by atoms with Crippen molar-refractivity contribution in [1.29, 1.82) is 0 Å². The van der Waals surface area contributed by atoms with E-state index >= 15 is 0 Å². The van der Waals surface area contributed by atoms with Crippen molar-refractivity contribution in [3.8, 4) is 5.75 Å². The molecule has 0 aliphatic heterocycles. The first-order chi connectivity index (χ1) is 8.54. The van der Waals surface area contributed by atoms with Crippen molar-refractivity contribution >= 4 is 32.7 Å². The van der Waals surface area contributed by atoms with Crippen molar-refractivity contribution in [1.82, 2.24) is 0 Å². The van der Waals surface area contributed by atoms with Gasteiger partial charge < -0.3 is 14.9 Å². The summed E-state index contributed by atoms with van der Waals surface area (Å²) in [4.78, 5) is 11.0. The molecule has 5 heteroatoms. The highest BCUT2D eigenvalue weighted by Crippen LogP contribution is 2.34. The van der Waals surface area contributed by atoms with E-state index in [1.807, 2.05) is 12.1 Å².